The van der Waals surface area contributed by atoms with E-state index in [9.17, 15) is 15.0 Å². The average Bonchev–Trinajstić information content (AvgIpc) is 2.40. The van der Waals surface area contributed by atoms with Gasteiger partial charge in [0.15, 0.2) is 17.6 Å². The zero-order valence-electron chi connectivity index (χ0n) is 9.80. The van der Waals surface area contributed by atoms with Crippen LogP contribution in [0, 0.1) is 0 Å². The molecule has 0 aliphatic rings. The van der Waals surface area contributed by atoms with Crippen LogP contribution in [-0.4, -0.2) is 50.3 Å². The summed E-state index contributed by atoms with van der Waals surface area (Å²) in [5, 5.41) is 45.0. The van der Waals surface area contributed by atoms with Gasteiger partial charge in [0.2, 0.25) is 0 Å². The minimum atomic E-state index is -1.84. The Bertz CT molecular complexity index is 469. The number of hydrogen-bond acceptors (Lipinski definition) is 7. The van der Waals surface area contributed by atoms with E-state index in [-0.39, 0.29) is 11.5 Å². The van der Waals surface area contributed by atoms with Crippen molar-refractivity contribution in [2.75, 3.05) is 6.61 Å². The summed E-state index contributed by atoms with van der Waals surface area (Å²) in [6.45, 7) is -0.772. The van der Waals surface area contributed by atoms with Crippen molar-refractivity contribution in [2.45, 2.75) is 12.2 Å². The highest BCUT2D eigenvalue weighted by Crippen LogP contribution is 2.25. The third kappa shape index (κ3) is 4.25. The first-order valence-electron chi connectivity index (χ1n) is 5.31. The molecule has 0 aliphatic heterocycles. The van der Waals surface area contributed by atoms with Crippen molar-refractivity contribution in [3.63, 3.8) is 0 Å². The molecule has 0 radical (unpaired) electrons. The van der Waals surface area contributed by atoms with E-state index in [1.165, 1.54) is 24.3 Å². The average molecular weight is 270 g/mol. The van der Waals surface area contributed by atoms with Crippen molar-refractivity contribution in [1.29, 1.82) is 0 Å². The van der Waals surface area contributed by atoms with Crippen LogP contribution in [0.25, 0.3) is 6.08 Å². The van der Waals surface area contributed by atoms with E-state index in [2.05, 4.69) is 4.74 Å². The predicted molar refractivity (Wildman–Crippen MR) is 64.0 cm³/mol. The van der Waals surface area contributed by atoms with Crippen LogP contribution in [0.3, 0.4) is 0 Å². The molecule has 7 nitrogen and oxygen atoms in total. The molecular weight excluding hydrogens is 256 g/mol. The molecular formula is C12H14O7. The number of aromatic hydroxyl groups is 2. The Morgan fingerprint density at radius 1 is 1.26 bits per heavy atom. The fourth-order valence-electron chi connectivity index (χ4n) is 1.15. The molecule has 7 heteroatoms. The first-order chi connectivity index (χ1) is 8.95. The van der Waals surface area contributed by atoms with Crippen LogP contribution < -0.4 is 0 Å². The van der Waals surface area contributed by atoms with E-state index in [0.717, 1.165) is 6.26 Å². The van der Waals surface area contributed by atoms with Gasteiger partial charge in [-0.15, -0.1) is 0 Å². The van der Waals surface area contributed by atoms with Gasteiger partial charge in [-0.25, -0.2) is 4.79 Å². The van der Waals surface area contributed by atoms with Gasteiger partial charge in [0.1, 0.15) is 6.10 Å². The van der Waals surface area contributed by atoms with E-state index >= 15 is 0 Å². The molecule has 0 aromatic heterocycles. The van der Waals surface area contributed by atoms with Crippen LogP contribution >= 0.6 is 0 Å². The number of rotatable bonds is 5. The number of aliphatic hydroxyl groups excluding tert-OH is 3. The zero-order valence-corrected chi connectivity index (χ0v) is 9.80. The van der Waals surface area contributed by atoms with Crippen LogP contribution in [-0.2, 0) is 9.53 Å². The molecule has 2 unspecified atom stereocenters. The van der Waals surface area contributed by atoms with Crippen LogP contribution in [0.1, 0.15) is 5.56 Å². The van der Waals surface area contributed by atoms with Gasteiger partial charge in [-0.3, -0.25) is 0 Å². The van der Waals surface area contributed by atoms with E-state index in [1.807, 2.05) is 0 Å². The zero-order chi connectivity index (χ0) is 14.4. The minimum absolute atomic E-state index is 0.282. The highest BCUT2D eigenvalue weighted by Gasteiger charge is 2.24. The topological polar surface area (TPSA) is 127 Å². The molecule has 5 N–H and O–H groups in total. The largest absolute Gasteiger partial charge is 0.504 e. The quantitative estimate of drug-likeness (QED) is 0.272. The first kappa shape index (κ1) is 15.0. The smallest absolute Gasteiger partial charge is 0.342 e. The fourth-order valence-corrected chi connectivity index (χ4v) is 1.15. The molecule has 19 heavy (non-hydrogen) atoms. The summed E-state index contributed by atoms with van der Waals surface area (Å²) >= 11 is 0. The molecule has 0 heterocycles. The van der Waals surface area contributed by atoms with Gasteiger partial charge in [0.25, 0.3) is 0 Å². The molecule has 0 bridgehead atoms. The number of phenolic OH excluding ortho intramolecular Hbond substituents is 2. The van der Waals surface area contributed by atoms with Gasteiger partial charge < -0.3 is 30.3 Å². The lowest BCUT2D eigenvalue weighted by Gasteiger charge is -2.12. The molecule has 1 aromatic rings. The summed E-state index contributed by atoms with van der Waals surface area (Å²) < 4.78 is 4.52. The highest BCUT2D eigenvalue weighted by molar-refractivity contribution is 5.76. The Balaban J connectivity index is 2.58. The maximum Gasteiger partial charge on any atom is 0.342 e. The number of aliphatic hydroxyl groups is 3. The third-order valence-electron chi connectivity index (χ3n) is 2.24. The molecule has 0 saturated carbocycles. The molecule has 1 rings (SSSR count). The van der Waals surface area contributed by atoms with Crippen molar-refractivity contribution in [2.24, 2.45) is 0 Å². The lowest BCUT2D eigenvalue weighted by Crippen LogP contribution is -2.36. The van der Waals surface area contributed by atoms with Gasteiger partial charge in [-0.1, -0.05) is 6.07 Å². The number of benzene rings is 1. The Kier molecular flexibility index (Phi) is 5.31. The van der Waals surface area contributed by atoms with Gasteiger partial charge in [0.05, 0.1) is 12.9 Å². The van der Waals surface area contributed by atoms with Crippen molar-refractivity contribution < 1.29 is 35.1 Å². The second kappa shape index (κ2) is 6.74. The fraction of sp³-hybridized carbons (Fsp3) is 0.250. The summed E-state index contributed by atoms with van der Waals surface area (Å²) in [7, 11) is 0. The van der Waals surface area contributed by atoms with Gasteiger partial charge in [0, 0.05) is 0 Å². The summed E-state index contributed by atoms with van der Waals surface area (Å²) in [5.41, 5.74) is 0.445. The maximum absolute atomic E-state index is 11.2. The first-order valence-corrected chi connectivity index (χ1v) is 5.31. The summed E-state index contributed by atoms with van der Waals surface area (Å²) in [4.78, 5) is 11.2. The van der Waals surface area contributed by atoms with Gasteiger partial charge in [-0.05, 0) is 23.8 Å². The number of carbonyl (C=O) groups excluding carboxylic acids is 1. The van der Waals surface area contributed by atoms with Crippen LogP contribution in [0.15, 0.2) is 24.5 Å². The van der Waals surface area contributed by atoms with Gasteiger partial charge >= 0.3 is 5.97 Å². The third-order valence-corrected chi connectivity index (χ3v) is 2.24. The van der Waals surface area contributed by atoms with E-state index < -0.39 is 24.8 Å². The molecule has 0 spiro atoms. The lowest BCUT2D eigenvalue weighted by atomic mass is 10.2. The van der Waals surface area contributed by atoms with Crippen molar-refractivity contribution in [3.8, 4) is 11.5 Å². The molecule has 104 valence electrons. The summed E-state index contributed by atoms with van der Waals surface area (Å²) in [6, 6.07) is 3.94. The SMILES string of the molecule is O=C(O/C=C/c1ccc(O)c(O)c1)C(O)C(O)CO. The van der Waals surface area contributed by atoms with Crippen LogP contribution in [0.4, 0.5) is 0 Å². The van der Waals surface area contributed by atoms with Crippen molar-refractivity contribution in [3.05, 3.63) is 30.0 Å². The second-order valence-corrected chi connectivity index (χ2v) is 3.68. The number of phenols is 2. The van der Waals surface area contributed by atoms with Crippen LogP contribution in [0.5, 0.6) is 11.5 Å². The monoisotopic (exact) mass is 270 g/mol. The van der Waals surface area contributed by atoms with Gasteiger partial charge in [-0.2, -0.15) is 0 Å². The van der Waals surface area contributed by atoms with E-state index in [4.69, 9.17) is 15.3 Å². The van der Waals surface area contributed by atoms with E-state index in [0.29, 0.717) is 5.56 Å². The summed E-state index contributed by atoms with van der Waals surface area (Å²) in [6.07, 6.45) is -1.21. The second-order valence-electron chi connectivity index (χ2n) is 3.68. The standard InChI is InChI=1S/C12H14O7/c13-6-10(16)11(17)12(18)19-4-3-7-1-2-8(14)9(15)5-7/h1-5,10-11,13-17H,6H2/b4-3+. The lowest BCUT2D eigenvalue weighted by molar-refractivity contribution is -0.155. The molecule has 0 fully saturated rings. The Morgan fingerprint density at radius 2 is 1.95 bits per heavy atom. The predicted octanol–water partition coefficient (Wildman–Crippen LogP) is -0.674. The number of esters is 1. The Hall–Kier alpha value is -2.09. The summed E-state index contributed by atoms with van der Waals surface area (Å²) in [5.74, 6) is -1.74. The maximum atomic E-state index is 11.2. The molecule has 2 atom stereocenters. The Labute approximate surface area is 108 Å². The van der Waals surface area contributed by atoms with Crippen molar-refractivity contribution >= 4 is 12.0 Å². The number of hydrogen-bond donors (Lipinski definition) is 5. The molecule has 0 aliphatic carbocycles. The Morgan fingerprint density at radius 3 is 2.53 bits per heavy atom. The highest BCUT2D eigenvalue weighted by atomic mass is 16.5. The number of ether oxygens (including phenoxy) is 1. The van der Waals surface area contributed by atoms with Crippen LogP contribution in [0.2, 0.25) is 0 Å². The molecule has 0 amide bonds. The molecule has 0 saturated heterocycles. The van der Waals surface area contributed by atoms with E-state index in [1.54, 1.807) is 0 Å². The van der Waals surface area contributed by atoms with Crippen molar-refractivity contribution in [1.82, 2.24) is 0 Å². The number of carbonyl (C=O) groups is 1. The minimum Gasteiger partial charge on any atom is -0.504 e. The molecule has 1 aromatic carbocycles. The normalized spacial score (nSPS) is 14.3.